The Hall–Kier alpha value is -1.50. The van der Waals surface area contributed by atoms with Crippen LogP contribution >= 0.6 is 11.8 Å². The molecule has 1 aliphatic rings. The quantitative estimate of drug-likeness (QED) is 0.819. The van der Waals surface area contributed by atoms with Crippen molar-refractivity contribution in [2.24, 2.45) is 0 Å². The Morgan fingerprint density at radius 1 is 1.67 bits per heavy atom. The summed E-state index contributed by atoms with van der Waals surface area (Å²) in [5.74, 6) is 1.39. The third-order valence-electron chi connectivity index (χ3n) is 2.67. The third kappa shape index (κ3) is 3.04. The summed E-state index contributed by atoms with van der Waals surface area (Å²) in [6.07, 6.45) is 0. The lowest BCUT2D eigenvalue weighted by atomic mass is 10.3. The van der Waals surface area contributed by atoms with E-state index in [2.05, 4.69) is 5.16 Å². The molecule has 1 aromatic rings. The highest BCUT2D eigenvalue weighted by atomic mass is 32.2. The number of carbonyl (C=O) groups is 2. The summed E-state index contributed by atoms with van der Waals surface area (Å²) in [6.45, 7) is 2.98. The van der Waals surface area contributed by atoms with Crippen LogP contribution in [-0.2, 0) is 11.3 Å². The van der Waals surface area contributed by atoms with Crippen molar-refractivity contribution in [1.82, 2.24) is 15.0 Å². The molecule has 18 heavy (non-hydrogen) atoms. The van der Waals surface area contributed by atoms with Crippen LogP contribution < -0.4 is 0 Å². The Bertz CT molecular complexity index is 460. The monoisotopic (exact) mass is 269 g/mol. The minimum Gasteiger partial charge on any atom is -0.361 e. The number of carbonyl (C=O) groups excluding carboxylic acids is 2. The summed E-state index contributed by atoms with van der Waals surface area (Å²) >= 11 is 1.26. The molecule has 2 rings (SSSR count). The Morgan fingerprint density at radius 2 is 2.44 bits per heavy atom. The summed E-state index contributed by atoms with van der Waals surface area (Å²) in [7, 11) is 1.69. The van der Waals surface area contributed by atoms with Crippen LogP contribution in [0.1, 0.15) is 11.5 Å². The fourth-order valence-electron chi connectivity index (χ4n) is 1.68. The summed E-state index contributed by atoms with van der Waals surface area (Å²) < 4.78 is 4.94. The van der Waals surface area contributed by atoms with Gasteiger partial charge in [0.15, 0.2) is 0 Å². The summed E-state index contributed by atoms with van der Waals surface area (Å²) in [6, 6.07) is 1.79. The molecule has 2 heterocycles. The van der Waals surface area contributed by atoms with Gasteiger partial charge in [0.25, 0.3) is 5.24 Å². The first-order valence-electron chi connectivity index (χ1n) is 5.64. The smallest absolute Gasteiger partial charge is 0.282 e. The molecule has 0 unspecified atom stereocenters. The molecule has 0 atom stereocenters. The Balaban J connectivity index is 1.86. The maximum absolute atomic E-state index is 11.9. The van der Waals surface area contributed by atoms with Gasteiger partial charge in [-0.3, -0.25) is 9.59 Å². The maximum Gasteiger partial charge on any atom is 0.282 e. The molecule has 1 aliphatic heterocycles. The van der Waals surface area contributed by atoms with Crippen molar-refractivity contribution in [3.63, 3.8) is 0 Å². The number of aryl methyl sites for hydroxylation is 1. The van der Waals surface area contributed by atoms with Crippen LogP contribution in [0.3, 0.4) is 0 Å². The van der Waals surface area contributed by atoms with Gasteiger partial charge >= 0.3 is 0 Å². The van der Waals surface area contributed by atoms with Crippen LogP contribution in [0, 0.1) is 6.92 Å². The normalized spacial score (nSPS) is 15.2. The van der Waals surface area contributed by atoms with Crippen LogP contribution in [0.2, 0.25) is 0 Å². The molecule has 6 nitrogen and oxygen atoms in total. The zero-order chi connectivity index (χ0) is 13.1. The van der Waals surface area contributed by atoms with Crippen molar-refractivity contribution < 1.29 is 14.1 Å². The topological polar surface area (TPSA) is 66.7 Å². The maximum atomic E-state index is 11.9. The number of thioether (sulfide) groups is 1. The van der Waals surface area contributed by atoms with Gasteiger partial charge in [-0.05, 0) is 6.92 Å². The largest absolute Gasteiger partial charge is 0.361 e. The standard InChI is InChI=1S/C11H15N3O3S/c1-8-5-9(12-17-8)6-13(2)10(15)7-14-3-4-18-11(14)16/h5H,3-4,6-7H2,1-2H3. The van der Waals surface area contributed by atoms with Gasteiger partial charge in [-0.2, -0.15) is 0 Å². The first kappa shape index (κ1) is 12.9. The van der Waals surface area contributed by atoms with Crippen molar-refractivity contribution in [2.45, 2.75) is 13.5 Å². The van der Waals surface area contributed by atoms with Crippen molar-refractivity contribution in [3.8, 4) is 0 Å². The van der Waals surface area contributed by atoms with Crippen LogP contribution in [0.4, 0.5) is 4.79 Å². The van der Waals surface area contributed by atoms with Gasteiger partial charge in [-0.1, -0.05) is 16.9 Å². The Kier molecular flexibility index (Phi) is 3.90. The second kappa shape index (κ2) is 5.43. The number of hydrogen-bond acceptors (Lipinski definition) is 5. The molecular formula is C11H15N3O3S. The third-order valence-corrected chi connectivity index (χ3v) is 3.56. The molecule has 98 valence electrons. The van der Waals surface area contributed by atoms with E-state index in [0.717, 1.165) is 11.5 Å². The van der Waals surface area contributed by atoms with Crippen molar-refractivity contribution >= 4 is 22.9 Å². The second-order valence-corrected chi connectivity index (χ2v) is 5.26. The summed E-state index contributed by atoms with van der Waals surface area (Å²) in [4.78, 5) is 26.4. The molecule has 1 saturated heterocycles. The number of amides is 2. The van der Waals surface area contributed by atoms with E-state index < -0.39 is 0 Å². The molecule has 0 aromatic carbocycles. The zero-order valence-corrected chi connectivity index (χ0v) is 11.2. The number of aromatic nitrogens is 1. The first-order chi connectivity index (χ1) is 8.56. The molecule has 2 amide bonds. The average molecular weight is 269 g/mol. The average Bonchev–Trinajstić information content (AvgIpc) is 2.89. The van der Waals surface area contributed by atoms with Crippen molar-refractivity contribution in [3.05, 3.63) is 17.5 Å². The zero-order valence-electron chi connectivity index (χ0n) is 10.4. The van der Waals surface area contributed by atoms with E-state index in [4.69, 9.17) is 4.52 Å². The molecular weight excluding hydrogens is 254 g/mol. The van der Waals surface area contributed by atoms with E-state index in [1.165, 1.54) is 11.8 Å². The number of nitrogens with zero attached hydrogens (tertiary/aromatic N) is 3. The van der Waals surface area contributed by atoms with Crippen molar-refractivity contribution in [1.29, 1.82) is 0 Å². The molecule has 7 heteroatoms. The summed E-state index contributed by atoms with van der Waals surface area (Å²) in [5.41, 5.74) is 0.713. The van der Waals surface area contributed by atoms with Gasteiger partial charge in [0.1, 0.15) is 18.0 Å². The van der Waals surface area contributed by atoms with E-state index in [-0.39, 0.29) is 17.7 Å². The van der Waals surface area contributed by atoms with E-state index in [1.54, 1.807) is 29.8 Å². The highest BCUT2D eigenvalue weighted by molar-refractivity contribution is 8.13. The van der Waals surface area contributed by atoms with Gasteiger partial charge in [0.05, 0.1) is 6.54 Å². The SMILES string of the molecule is Cc1cc(CN(C)C(=O)CN2CCSC2=O)no1. The molecule has 0 saturated carbocycles. The predicted octanol–water partition coefficient (Wildman–Crippen LogP) is 1.11. The van der Waals surface area contributed by atoms with Gasteiger partial charge in [0.2, 0.25) is 5.91 Å². The number of hydrogen-bond donors (Lipinski definition) is 0. The number of rotatable bonds is 4. The highest BCUT2D eigenvalue weighted by Crippen LogP contribution is 2.17. The lowest BCUT2D eigenvalue weighted by Gasteiger charge is -2.20. The Labute approximate surface area is 109 Å². The minimum absolute atomic E-state index is 0.0194. The minimum atomic E-state index is -0.0912. The van der Waals surface area contributed by atoms with Crippen molar-refractivity contribution in [2.75, 3.05) is 25.9 Å². The Morgan fingerprint density at radius 3 is 3.00 bits per heavy atom. The van der Waals surface area contributed by atoms with Crippen LogP contribution in [-0.4, -0.2) is 52.0 Å². The van der Waals surface area contributed by atoms with Gasteiger partial charge in [-0.25, -0.2) is 0 Å². The highest BCUT2D eigenvalue weighted by Gasteiger charge is 2.24. The van der Waals surface area contributed by atoms with E-state index in [0.29, 0.717) is 18.8 Å². The van der Waals surface area contributed by atoms with Crippen LogP contribution in [0.25, 0.3) is 0 Å². The second-order valence-electron chi connectivity index (χ2n) is 4.21. The molecule has 0 N–H and O–H groups in total. The summed E-state index contributed by atoms with van der Waals surface area (Å²) in [5, 5.41) is 3.81. The fourth-order valence-corrected chi connectivity index (χ4v) is 2.50. The lowest BCUT2D eigenvalue weighted by molar-refractivity contribution is -0.130. The lowest BCUT2D eigenvalue weighted by Crippen LogP contribution is -2.38. The molecule has 1 aromatic heterocycles. The van der Waals surface area contributed by atoms with Gasteiger partial charge < -0.3 is 14.3 Å². The molecule has 0 spiro atoms. The van der Waals surface area contributed by atoms with Gasteiger partial charge in [-0.15, -0.1) is 0 Å². The van der Waals surface area contributed by atoms with Crippen LogP contribution in [0.15, 0.2) is 10.6 Å². The molecule has 1 fully saturated rings. The number of likely N-dealkylation sites (N-methyl/N-ethyl adjacent to an activating group) is 1. The van der Waals surface area contributed by atoms with E-state index in [9.17, 15) is 9.59 Å². The molecule has 0 radical (unpaired) electrons. The fraction of sp³-hybridized carbons (Fsp3) is 0.545. The first-order valence-corrected chi connectivity index (χ1v) is 6.62. The predicted molar refractivity (Wildman–Crippen MR) is 67.1 cm³/mol. The van der Waals surface area contributed by atoms with Crippen LogP contribution in [0.5, 0.6) is 0 Å². The van der Waals surface area contributed by atoms with E-state index in [1.807, 2.05) is 0 Å². The molecule has 0 aliphatic carbocycles. The molecule has 0 bridgehead atoms. The van der Waals surface area contributed by atoms with Gasteiger partial charge in [0, 0.05) is 25.4 Å². The van der Waals surface area contributed by atoms with E-state index >= 15 is 0 Å².